The van der Waals surface area contributed by atoms with Crippen LogP contribution in [0.3, 0.4) is 0 Å². The number of carbonyl (C=O) groups excluding carboxylic acids is 1. The maximum absolute atomic E-state index is 12.8. The zero-order valence-corrected chi connectivity index (χ0v) is 21.6. The zero-order chi connectivity index (χ0) is 25.4. The van der Waals surface area contributed by atoms with E-state index in [1.807, 2.05) is 62.2 Å². The van der Waals surface area contributed by atoms with Crippen molar-refractivity contribution in [3.63, 3.8) is 0 Å². The molecule has 5 rings (SSSR count). The number of fused-ring (bicyclic) bond motifs is 2. The minimum absolute atomic E-state index is 0.187. The summed E-state index contributed by atoms with van der Waals surface area (Å²) in [5, 5.41) is 15.9. The second-order valence-corrected chi connectivity index (χ2v) is 10.7. The molecule has 4 heterocycles. The van der Waals surface area contributed by atoms with Crippen LogP contribution < -0.4 is 9.64 Å². The standard InChI is InChI=1S/C27H34N6O3/c1-27(2,3)36-26(34)33-19-7-8-20(33)14-21(13-19)32(4)25-11-10-23(30-31-25)22-9-6-17(12-24(22)35-5)18-15-28-29-16-18/h6,9-12,15-16,19-21H,7-8,13-14H2,1-5H3,(H,28,29)/t19-,20?,21-/m1/s1. The van der Waals surface area contributed by atoms with Gasteiger partial charge in [0, 0.05) is 42.5 Å². The van der Waals surface area contributed by atoms with Crippen LogP contribution in [0.1, 0.15) is 46.5 Å². The molecule has 0 radical (unpaired) electrons. The van der Waals surface area contributed by atoms with Gasteiger partial charge in [-0.15, -0.1) is 10.2 Å². The summed E-state index contributed by atoms with van der Waals surface area (Å²) in [6, 6.07) is 10.7. The Labute approximate surface area is 211 Å². The van der Waals surface area contributed by atoms with E-state index in [1.54, 1.807) is 13.3 Å². The number of hydrogen-bond donors (Lipinski definition) is 1. The Morgan fingerprint density at radius 1 is 1.08 bits per heavy atom. The van der Waals surface area contributed by atoms with Crippen LogP contribution >= 0.6 is 0 Å². The Morgan fingerprint density at radius 3 is 2.42 bits per heavy atom. The Kier molecular flexibility index (Phi) is 6.32. The molecule has 0 spiro atoms. The summed E-state index contributed by atoms with van der Waals surface area (Å²) in [6.45, 7) is 5.75. The second kappa shape index (κ2) is 9.44. The highest BCUT2D eigenvalue weighted by Crippen LogP contribution is 2.39. The number of amides is 1. The van der Waals surface area contributed by atoms with Crippen LogP contribution in [0, 0.1) is 0 Å². The fraction of sp³-hybridized carbons (Fsp3) is 0.481. The molecular weight excluding hydrogens is 456 g/mol. The van der Waals surface area contributed by atoms with E-state index in [2.05, 4.69) is 32.3 Å². The number of anilines is 1. The first-order valence-electron chi connectivity index (χ1n) is 12.5. The van der Waals surface area contributed by atoms with Crippen molar-refractivity contribution in [3.8, 4) is 28.1 Å². The van der Waals surface area contributed by atoms with Crippen molar-refractivity contribution in [3.05, 3.63) is 42.7 Å². The molecule has 3 atom stereocenters. The summed E-state index contributed by atoms with van der Waals surface area (Å²) in [5.41, 5.74) is 3.16. The predicted molar refractivity (Wildman–Crippen MR) is 138 cm³/mol. The average Bonchev–Trinajstić information content (AvgIpc) is 3.49. The Morgan fingerprint density at radius 2 is 1.83 bits per heavy atom. The summed E-state index contributed by atoms with van der Waals surface area (Å²) in [5.74, 6) is 1.55. The topological polar surface area (TPSA) is 96.5 Å². The summed E-state index contributed by atoms with van der Waals surface area (Å²) < 4.78 is 11.3. The smallest absolute Gasteiger partial charge is 0.410 e. The van der Waals surface area contributed by atoms with E-state index in [9.17, 15) is 4.79 Å². The van der Waals surface area contributed by atoms with Gasteiger partial charge in [0.1, 0.15) is 11.4 Å². The minimum Gasteiger partial charge on any atom is -0.496 e. The van der Waals surface area contributed by atoms with Gasteiger partial charge in [-0.25, -0.2) is 4.79 Å². The number of benzene rings is 1. The van der Waals surface area contributed by atoms with Crippen LogP contribution in [0.5, 0.6) is 5.75 Å². The first-order chi connectivity index (χ1) is 17.2. The number of aromatic amines is 1. The van der Waals surface area contributed by atoms with Crippen LogP contribution in [-0.4, -0.2) is 69.3 Å². The molecule has 2 aliphatic heterocycles. The third-order valence-electron chi connectivity index (χ3n) is 7.18. The lowest BCUT2D eigenvalue weighted by Crippen LogP contribution is -2.53. The molecule has 0 saturated carbocycles. The van der Waals surface area contributed by atoms with Crippen molar-refractivity contribution in [2.75, 3.05) is 19.1 Å². The summed E-state index contributed by atoms with van der Waals surface area (Å²) in [7, 11) is 3.72. The zero-order valence-electron chi connectivity index (χ0n) is 21.6. The first-order valence-corrected chi connectivity index (χ1v) is 12.5. The SMILES string of the molecule is COc1cc(-c2cn[nH]c2)ccc1-c1ccc(N(C)[C@H]2CC3CC[C@H](C2)N3C(=O)OC(C)(C)C)nn1. The van der Waals surface area contributed by atoms with Crippen molar-refractivity contribution < 1.29 is 14.3 Å². The summed E-state index contributed by atoms with van der Waals surface area (Å²) in [4.78, 5) is 17.0. The van der Waals surface area contributed by atoms with E-state index in [1.165, 1.54) is 0 Å². The molecule has 1 unspecified atom stereocenters. The van der Waals surface area contributed by atoms with Crippen LogP contribution in [0.4, 0.5) is 10.6 Å². The highest BCUT2D eigenvalue weighted by atomic mass is 16.6. The maximum atomic E-state index is 12.8. The van der Waals surface area contributed by atoms with E-state index in [-0.39, 0.29) is 18.2 Å². The highest BCUT2D eigenvalue weighted by Gasteiger charge is 2.45. The molecule has 9 heteroatoms. The van der Waals surface area contributed by atoms with Crippen molar-refractivity contribution in [2.45, 2.75) is 70.2 Å². The molecule has 0 aliphatic carbocycles. The highest BCUT2D eigenvalue weighted by molar-refractivity contribution is 5.74. The largest absolute Gasteiger partial charge is 0.496 e. The number of rotatable bonds is 5. The lowest BCUT2D eigenvalue weighted by atomic mass is 9.96. The predicted octanol–water partition coefficient (Wildman–Crippen LogP) is 4.91. The number of piperidine rings is 1. The van der Waals surface area contributed by atoms with Gasteiger partial charge in [0.05, 0.1) is 19.0 Å². The lowest BCUT2D eigenvalue weighted by molar-refractivity contribution is 0.00597. The van der Waals surface area contributed by atoms with Crippen molar-refractivity contribution in [2.24, 2.45) is 0 Å². The number of ether oxygens (including phenoxy) is 2. The molecular formula is C27H34N6O3. The number of H-pyrrole nitrogens is 1. The molecule has 2 bridgehead atoms. The molecule has 2 fully saturated rings. The monoisotopic (exact) mass is 490 g/mol. The van der Waals surface area contributed by atoms with Gasteiger partial charge >= 0.3 is 6.09 Å². The van der Waals surface area contributed by atoms with Gasteiger partial charge in [0.25, 0.3) is 0 Å². The summed E-state index contributed by atoms with van der Waals surface area (Å²) >= 11 is 0. The maximum Gasteiger partial charge on any atom is 0.410 e. The van der Waals surface area contributed by atoms with Crippen LogP contribution in [-0.2, 0) is 4.74 Å². The van der Waals surface area contributed by atoms with E-state index in [0.717, 1.165) is 59.6 Å². The minimum atomic E-state index is -0.482. The van der Waals surface area contributed by atoms with Gasteiger partial charge in [0.2, 0.25) is 0 Å². The molecule has 2 saturated heterocycles. The molecule has 1 aromatic carbocycles. The number of nitrogens with one attached hydrogen (secondary N) is 1. The first kappa shape index (κ1) is 24.1. The van der Waals surface area contributed by atoms with Crippen molar-refractivity contribution >= 4 is 11.9 Å². The molecule has 1 N–H and O–H groups in total. The van der Waals surface area contributed by atoms with Crippen LogP contribution in [0.25, 0.3) is 22.4 Å². The van der Waals surface area contributed by atoms with Gasteiger partial charge < -0.3 is 19.3 Å². The van der Waals surface area contributed by atoms with Crippen LogP contribution in [0.15, 0.2) is 42.7 Å². The number of nitrogens with zero attached hydrogens (tertiary/aromatic N) is 5. The molecule has 36 heavy (non-hydrogen) atoms. The molecule has 9 nitrogen and oxygen atoms in total. The fourth-order valence-corrected chi connectivity index (χ4v) is 5.41. The van der Waals surface area contributed by atoms with Gasteiger partial charge in [0.15, 0.2) is 5.82 Å². The third-order valence-corrected chi connectivity index (χ3v) is 7.18. The second-order valence-electron chi connectivity index (χ2n) is 10.7. The number of aromatic nitrogens is 4. The molecule has 2 aliphatic rings. The molecule has 1 amide bonds. The number of hydrogen-bond acceptors (Lipinski definition) is 7. The Bertz CT molecular complexity index is 1190. The van der Waals surface area contributed by atoms with Gasteiger partial charge in [-0.3, -0.25) is 5.10 Å². The third kappa shape index (κ3) is 4.74. The number of methoxy groups -OCH3 is 1. The lowest BCUT2D eigenvalue weighted by Gasteiger charge is -2.42. The normalized spacial score (nSPS) is 21.4. The molecule has 3 aromatic rings. The fourth-order valence-electron chi connectivity index (χ4n) is 5.41. The van der Waals surface area contributed by atoms with Gasteiger partial charge in [-0.2, -0.15) is 5.10 Å². The summed E-state index contributed by atoms with van der Waals surface area (Å²) in [6.07, 6.45) is 7.29. The Hall–Kier alpha value is -3.62. The van der Waals surface area contributed by atoms with Crippen LogP contribution in [0.2, 0.25) is 0 Å². The molecule has 190 valence electrons. The quantitative estimate of drug-likeness (QED) is 0.543. The van der Waals surface area contributed by atoms with Gasteiger partial charge in [-0.05, 0) is 76.3 Å². The molecule has 2 aromatic heterocycles. The number of carbonyl (C=O) groups is 1. The average molecular weight is 491 g/mol. The van der Waals surface area contributed by atoms with Crippen molar-refractivity contribution in [1.82, 2.24) is 25.3 Å². The van der Waals surface area contributed by atoms with E-state index in [0.29, 0.717) is 6.04 Å². The van der Waals surface area contributed by atoms with Crippen molar-refractivity contribution in [1.29, 1.82) is 0 Å². The van der Waals surface area contributed by atoms with E-state index in [4.69, 9.17) is 9.47 Å². The van der Waals surface area contributed by atoms with E-state index >= 15 is 0 Å². The Balaban J connectivity index is 1.29. The van der Waals surface area contributed by atoms with Gasteiger partial charge in [-0.1, -0.05) is 6.07 Å². The van der Waals surface area contributed by atoms with E-state index < -0.39 is 5.60 Å².